The minimum absolute atomic E-state index is 0.00107. The summed E-state index contributed by atoms with van der Waals surface area (Å²) in [6.45, 7) is 3.65. The van der Waals surface area contributed by atoms with Gasteiger partial charge in [-0.2, -0.15) is 4.98 Å². The Morgan fingerprint density at radius 2 is 1.84 bits per heavy atom. The molecule has 0 aromatic carbocycles. The Morgan fingerprint density at radius 1 is 1.05 bits per heavy atom. The maximum Gasteiger partial charge on any atom is 0.253 e. The van der Waals surface area contributed by atoms with Gasteiger partial charge in [0.2, 0.25) is 5.95 Å². The van der Waals surface area contributed by atoms with Crippen LogP contribution in [0.1, 0.15) is 67.8 Å². The van der Waals surface area contributed by atoms with Crippen LogP contribution in [0.2, 0.25) is 0 Å². The molecule has 0 bridgehead atoms. The highest BCUT2D eigenvalue weighted by atomic mass is 16.5. The number of pyridine rings is 1. The topological polar surface area (TPSA) is 109 Å². The molecule has 202 valence electrons. The minimum Gasteiger partial charge on any atom is -0.381 e. The molecule has 10 heteroatoms. The van der Waals surface area contributed by atoms with Crippen LogP contribution < -0.4 is 20.9 Å². The molecule has 1 amide bonds. The van der Waals surface area contributed by atoms with Crippen molar-refractivity contribution in [3.05, 3.63) is 36.3 Å². The molecule has 3 fully saturated rings. The van der Waals surface area contributed by atoms with Crippen LogP contribution in [0.5, 0.6) is 0 Å². The van der Waals surface area contributed by atoms with Crippen LogP contribution in [0.25, 0.3) is 10.9 Å². The number of methoxy groups -OCH3 is 1. The first-order valence-corrected chi connectivity index (χ1v) is 14.1. The molecule has 0 atom stereocenters. The molecule has 3 aromatic rings. The number of ether oxygens (including phenoxy) is 1. The number of carbonyl (C=O) groups is 1. The summed E-state index contributed by atoms with van der Waals surface area (Å²) in [7, 11) is 1.78. The van der Waals surface area contributed by atoms with E-state index in [0.29, 0.717) is 29.3 Å². The SMILES string of the molecule is COC1CCN(c2nccc(Nc3cc4c(cn3)c(C(=O)NC3CCNCC3)cn4C3CCCC3)n2)CC1. The van der Waals surface area contributed by atoms with Gasteiger partial charge in [0.25, 0.3) is 5.91 Å². The molecule has 3 N–H and O–H groups in total. The van der Waals surface area contributed by atoms with Gasteiger partial charge in [-0.3, -0.25) is 4.79 Å². The second-order valence-electron chi connectivity index (χ2n) is 10.8. The van der Waals surface area contributed by atoms with Crippen LogP contribution in [-0.2, 0) is 4.74 Å². The molecule has 3 aliphatic rings. The van der Waals surface area contributed by atoms with Crippen molar-refractivity contribution in [2.24, 2.45) is 0 Å². The van der Waals surface area contributed by atoms with E-state index < -0.39 is 0 Å². The van der Waals surface area contributed by atoms with Crippen LogP contribution in [-0.4, -0.2) is 70.9 Å². The van der Waals surface area contributed by atoms with Crippen molar-refractivity contribution < 1.29 is 9.53 Å². The Hall–Kier alpha value is -3.24. The highest BCUT2D eigenvalue weighted by Crippen LogP contribution is 2.35. The van der Waals surface area contributed by atoms with Crippen molar-refractivity contribution in [3.63, 3.8) is 0 Å². The number of fused-ring (bicyclic) bond motifs is 1. The Bertz CT molecular complexity index is 1260. The summed E-state index contributed by atoms with van der Waals surface area (Å²) >= 11 is 0. The van der Waals surface area contributed by atoms with E-state index in [2.05, 4.69) is 42.7 Å². The summed E-state index contributed by atoms with van der Waals surface area (Å²) in [5.74, 6) is 2.14. The number of nitrogens with zero attached hydrogens (tertiary/aromatic N) is 5. The molecule has 10 nitrogen and oxygen atoms in total. The average Bonchev–Trinajstić information content (AvgIpc) is 3.62. The summed E-state index contributed by atoms with van der Waals surface area (Å²) in [6, 6.07) is 4.55. The van der Waals surface area contributed by atoms with E-state index in [-0.39, 0.29) is 11.9 Å². The van der Waals surface area contributed by atoms with Gasteiger partial charge < -0.3 is 30.2 Å². The lowest BCUT2D eigenvalue weighted by Crippen LogP contribution is -2.42. The third kappa shape index (κ3) is 5.33. The number of anilines is 3. The van der Waals surface area contributed by atoms with Crippen LogP contribution in [0.15, 0.2) is 30.7 Å². The van der Waals surface area contributed by atoms with E-state index in [1.54, 1.807) is 13.3 Å². The summed E-state index contributed by atoms with van der Waals surface area (Å²) < 4.78 is 7.80. The van der Waals surface area contributed by atoms with Gasteiger partial charge in [0.05, 0.1) is 17.2 Å². The van der Waals surface area contributed by atoms with Gasteiger partial charge in [0.1, 0.15) is 11.6 Å². The predicted octanol–water partition coefficient (Wildman–Crippen LogP) is 3.78. The van der Waals surface area contributed by atoms with Crippen molar-refractivity contribution in [2.75, 3.05) is 43.5 Å². The smallest absolute Gasteiger partial charge is 0.253 e. The van der Waals surface area contributed by atoms with Gasteiger partial charge in [0, 0.05) is 62.3 Å². The van der Waals surface area contributed by atoms with Gasteiger partial charge in [-0.25, -0.2) is 9.97 Å². The second-order valence-corrected chi connectivity index (χ2v) is 10.8. The molecule has 1 aliphatic carbocycles. The van der Waals surface area contributed by atoms with E-state index in [0.717, 1.165) is 81.6 Å². The number of hydrogen-bond donors (Lipinski definition) is 3. The molecule has 6 rings (SSSR count). The number of carbonyl (C=O) groups excluding carboxylic acids is 1. The minimum atomic E-state index is -0.00107. The zero-order valence-electron chi connectivity index (χ0n) is 22.2. The highest BCUT2D eigenvalue weighted by molar-refractivity contribution is 6.07. The van der Waals surface area contributed by atoms with Crippen molar-refractivity contribution in [1.82, 2.24) is 30.2 Å². The molecule has 5 heterocycles. The molecule has 2 aliphatic heterocycles. The molecular weight excluding hydrogens is 480 g/mol. The van der Waals surface area contributed by atoms with E-state index in [1.807, 2.05) is 12.3 Å². The fourth-order valence-electron chi connectivity index (χ4n) is 6.10. The molecule has 0 spiro atoms. The molecule has 3 aromatic heterocycles. The fraction of sp³-hybridized carbons (Fsp3) is 0.571. The molecular formula is C28H38N8O2. The standard InChI is InChI=1S/C28H38N8O2/c1-38-21-9-14-35(15-10-21)28-30-13-8-25(34-28)33-26-16-24-22(17-31-26)23(18-36(24)20-4-2-3-5-20)27(37)32-19-6-11-29-12-7-19/h8,13,16-21,29H,2-7,9-12,14-15H2,1H3,(H,32,37)(H,30,31,33,34). The summed E-state index contributed by atoms with van der Waals surface area (Å²) in [4.78, 5) is 29.5. The van der Waals surface area contributed by atoms with Crippen LogP contribution in [0, 0.1) is 0 Å². The summed E-state index contributed by atoms with van der Waals surface area (Å²) in [5, 5.41) is 10.9. The lowest BCUT2D eigenvalue weighted by Gasteiger charge is -2.31. The Labute approximate surface area is 223 Å². The molecule has 0 radical (unpaired) electrons. The average molecular weight is 519 g/mol. The monoisotopic (exact) mass is 518 g/mol. The van der Waals surface area contributed by atoms with Crippen LogP contribution in [0.3, 0.4) is 0 Å². The van der Waals surface area contributed by atoms with E-state index >= 15 is 0 Å². The van der Waals surface area contributed by atoms with Crippen LogP contribution >= 0.6 is 0 Å². The predicted molar refractivity (Wildman–Crippen MR) is 148 cm³/mol. The lowest BCUT2D eigenvalue weighted by molar-refractivity contribution is 0.0816. The van der Waals surface area contributed by atoms with Gasteiger partial charge in [-0.05, 0) is 57.7 Å². The van der Waals surface area contributed by atoms with Crippen molar-refractivity contribution >= 4 is 34.4 Å². The van der Waals surface area contributed by atoms with Gasteiger partial charge in [-0.15, -0.1) is 0 Å². The Morgan fingerprint density at radius 3 is 2.61 bits per heavy atom. The van der Waals surface area contributed by atoms with Crippen molar-refractivity contribution in [3.8, 4) is 0 Å². The second kappa shape index (κ2) is 11.2. The van der Waals surface area contributed by atoms with Crippen LogP contribution in [0.4, 0.5) is 17.6 Å². The third-order valence-electron chi connectivity index (χ3n) is 8.31. The van der Waals surface area contributed by atoms with E-state index in [1.165, 1.54) is 12.8 Å². The molecule has 2 saturated heterocycles. The van der Waals surface area contributed by atoms with Gasteiger partial charge >= 0.3 is 0 Å². The number of nitrogens with one attached hydrogen (secondary N) is 3. The Balaban J connectivity index is 1.25. The first kappa shape index (κ1) is 25.1. The number of aromatic nitrogens is 4. The van der Waals surface area contributed by atoms with Crippen molar-refractivity contribution in [1.29, 1.82) is 0 Å². The number of piperidine rings is 2. The first-order chi connectivity index (χ1) is 18.7. The first-order valence-electron chi connectivity index (χ1n) is 14.1. The maximum absolute atomic E-state index is 13.3. The fourth-order valence-corrected chi connectivity index (χ4v) is 6.10. The zero-order chi connectivity index (χ0) is 25.9. The zero-order valence-corrected chi connectivity index (χ0v) is 22.2. The summed E-state index contributed by atoms with van der Waals surface area (Å²) in [6.07, 6.45) is 14.6. The number of hydrogen-bond acceptors (Lipinski definition) is 8. The van der Waals surface area contributed by atoms with Crippen molar-refractivity contribution in [2.45, 2.75) is 69.6 Å². The third-order valence-corrected chi connectivity index (χ3v) is 8.31. The normalized spacial score (nSPS) is 19.8. The number of rotatable bonds is 7. The van der Waals surface area contributed by atoms with Gasteiger partial charge in [0.15, 0.2) is 0 Å². The molecule has 0 unspecified atom stereocenters. The molecule has 38 heavy (non-hydrogen) atoms. The lowest BCUT2D eigenvalue weighted by atomic mass is 10.1. The van der Waals surface area contributed by atoms with E-state index in [9.17, 15) is 4.79 Å². The quantitative estimate of drug-likeness (QED) is 0.434. The Kier molecular flexibility index (Phi) is 7.42. The van der Waals surface area contributed by atoms with Gasteiger partial charge in [-0.1, -0.05) is 12.8 Å². The number of amides is 1. The maximum atomic E-state index is 13.3. The summed E-state index contributed by atoms with van der Waals surface area (Å²) in [5.41, 5.74) is 1.76. The highest BCUT2D eigenvalue weighted by Gasteiger charge is 2.25. The van der Waals surface area contributed by atoms with E-state index in [4.69, 9.17) is 14.7 Å². The molecule has 1 saturated carbocycles. The largest absolute Gasteiger partial charge is 0.381 e.